The molecule has 0 fully saturated rings. The number of benzene rings is 1. The molecular formula is C15H19N3O2. The van der Waals surface area contributed by atoms with Gasteiger partial charge in [0.25, 0.3) is 0 Å². The summed E-state index contributed by atoms with van der Waals surface area (Å²) in [6.07, 6.45) is 4.15. The smallest absolute Gasteiger partial charge is 0.237 e. The summed E-state index contributed by atoms with van der Waals surface area (Å²) < 4.78 is 10.8. The topological polar surface area (TPSA) is 70.3 Å². The first-order valence-corrected chi connectivity index (χ1v) is 6.59. The van der Waals surface area contributed by atoms with Gasteiger partial charge in [0.1, 0.15) is 11.4 Å². The zero-order valence-corrected chi connectivity index (χ0v) is 11.7. The maximum atomic E-state index is 6.25. The molecule has 2 aromatic rings. The number of hydrogen-bond donors (Lipinski definition) is 1. The molecule has 1 atom stereocenters. The Kier molecular flexibility index (Phi) is 4.90. The van der Waals surface area contributed by atoms with E-state index in [1.165, 1.54) is 0 Å². The van der Waals surface area contributed by atoms with Gasteiger partial charge in [-0.2, -0.15) is 0 Å². The molecular weight excluding hydrogens is 254 g/mol. The Morgan fingerprint density at radius 3 is 2.80 bits per heavy atom. The van der Waals surface area contributed by atoms with Crippen LogP contribution < -0.4 is 15.2 Å². The number of ether oxygens (including phenoxy) is 2. The van der Waals surface area contributed by atoms with Gasteiger partial charge in [-0.25, -0.2) is 4.98 Å². The first-order chi connectivity index (χ1) is 9.76. The van der Waals surface area contributed by atoms with Crippen LogP contribution in [0.15, 0.2) is 36.7 Å². The molecule has 0 aliphatic rings. The number of methoxy groups -OCH3 is 1. The van der Waals surface area contributed by atoms with Gasteiger partial charge in [0.05, 0.1) is 19.8 Å². The van der Waals surface area contributed by atoms with E-state index in [4.69, 9.17) is 15.2 Å². The van der Waals surface area contributed by atoms with Gasteiger partial charge < -0.3 is 15.2 Å². The molecule has 0 aliphatic carbocycles. The average Bonchev–Trinajstić information content (AvgIpc) is 2.52. The van der Waals surface area contributed by atoms with Crippen LogP contribution in [-0.2, 0) is 0 Å². The Hall–Kier alpha value is -2.14. The van der Waals surface area contributed by atoms with Crippen LogP contribution in [0.2, 0.25) is 0 Å². The lowest BCUT2D eigenvalue weighted by molar-refractivity contribution is 0.317. The lowest BCUT2D eigenvalue weighted by Crippen LogP contribution is -2.15. The Morgan fingerprint density at radius 2 is 2.05 bits per heavy atom. The highest BCUT2D eigenvalue weighted by molar-refractivity contribution is 5.36. The van der Waals surface area contributed by atoms with E-state index >= 15 is 0 Å². The van der Waals surface area contributed by atoms with Gasteiger partial charge in [-0.15, -0.1) is 0 Å². The summed E-state index contributed by atoms with van der Waals surface area (Å²) >= 11 is 0. The van der Waals surface area contributed by atoms with Crippen LogP contribution in [-0.4, -0.2) is 23.7 Å². The molecule has 5 heteroatoms. The molecule has 1 unspecified atom stereocenters. The number of nitrogens with zero attached hydrogens (tertiary/aromatic N) is 2. The molecule has 0 spiro atoms. The van der Waals surface area contributed by atoms with Crippen molar-refractivity contribution in [3.63, 3.8) is 0 Å². The van der Waals surface area contributed by atoms with E-state index in [2.05, 4.69) is 16.9 Å². The van der Waals surface area contributed by atoms with Crippen molar-refractivity contribution in [3.05, 3.63) is 47.9 Å². The van der Waals surface area contributed by atoms with E-state index in [-0.39, 0.29) is 0 Å². The van der Waals surface area contributed by atoms with Crippen molar-refractivity contribution in [2.75, 3.05) is 13.7 Å². The molecule has 20 heavy (non-hydrogen) atoms. The molecule has 0 amide bonds. The average molecular weight is 273 g/mol. The number of aromatic nitrogens is 2. The van der Waals surface area contributed by atoms with Crippen molar-refractivity contribution in [2.24, 2.45) is 5.73 Å². The van der Waals surface area contributed by atoms with Crippen LogP contribution >= 0.6 is 0 Å². The van der Waals surface area contributed by atoms with Crippen molar-refractivity contribution < 1.29 is 9.47 Å². The maximum Gasteiger partial charge on any atom is 0.237 e. The summed E-state index contributed by atoms with van der Waals surface area (Å²) in [5.74, 6) is 1.25. The molecule has 0 bridgehead atoms. The summed E-state index contributed by atoms with van der Waals surface area (Å²) in [7, 11) is 1.56. The summed E-state index contributed by atoms with van der Waals surface area (Å²) in [6, 6.07) is 7.30. The summed E-state index contributed by atoms with van der Waals surface area (Å²) in [4.78, 5) is 8.38. The van der Waals surface area contributed by atoms with Crippen molar-refractivity contribution in [1.82, 2.24) is 9.97 Å². The second-order valence-electron chi connectivity index (χ2n) is 4.35. The highest BCUT2D eigenvalue weighted by atomic mass is 16.5. The van der Waals surface area contributed by atoms with E-state index < -0.39 is 6.04 Å². The lowest BCUT2D eigenvalue weighted by atomic mass is 10.0. The van der Waals surface area contributed by atoms with Gasteiger partial charge >= 0.3 is 0 Å². The lowest BCUT2D eigenvalue weighted by Gasteiger charge is -2.15. The van der Waals surface area contributed by atoms with Crippen LogP contribution in [0.25, 0.3) is 0 Å². The maximum absolute atomic E-state index is 6.25. The molecule has 1 heterocycles. The van der Waals surface area contributed by atoms with Gasteiger partial charge in [0.15, 0.2) is 0 Å². The highest BCUT2D eigenvalue weighted by Gasteiger charge is 2.16. The Morgan fingerprint density at radius 1 is 1.25 bits per heavy atom. The Balaban J connectivity index is 2.26. The molecule has 1 aromatic heterocycles. The molecule has 106 valence electrons. The van der Waals surface area contributed by atoms with E-state index in [1.54, 1.807) is 19.5 Å². The standard InChI is InChI=1S/C15H19N3O2/c1-3-9-20-12-6-4-5-11(10-12)13(16)14-15(19-2)18-8-7-17-14/h4-8,10,13H,3,9,16H2,1-2H3. The Labute approximate surface area is 118 Å². The highest BCUT2D eigenvalue weighted by Crippen LogP contribution is 2.26. The quantitative estimate of drug-likeness (QED) is 0.874. The third kappa shape index (κ3) is 3.24. The van der Waals surface area contributed by atoms with Crippen molar-refractivity contribution in [1.29, 1.82) is 0 Å². The third-order valence-corrected chi connectivity index (χ3v) is 2.87. The number of nitrogens with two attached hydrogens (primary N) is 1. The molecule has 1 aromatic carbocycles. The van der Waals surface area contributed by atoms with Crippen LogP contribution in [0.3, 0.4) is 0 Å². The van der Waals surface area contributed by atoms with Gasteiger partial charge in [-0.3, -0.25) is 4.98 Å². The summed E-state index contributed by atoms with van der Waals surface area (Å²) in [5, 5.41) is 0. The second-order valence-corrected chi connectivity index (χ2v) is 4.35. The molecule has 0 saturated carbocycles. The molecule has 2 N–H and O–H groups in total. The van der Waals surface area contributed by atoms with Gasteiger partial charge in [-0.05, 0) is 24.1 Å². The monoisotopic (exact) mass is 273 g/mol. The van der Waals surface area contributed by atoms with Crippen molar-refractivity contribution in [2.45, 2.75) is 19.4 Å². The first-order valence-electron chi connectivity index (χ1n) is 6.59. The fraction of sp³-hybridized carbons (Fsp3) is 0.333. The van der Waals surface area contributed by atoms with Crippen LogP contribution in [0.4, 0.5) is 0 Å². The van der Waals surface area contributed by atoms with E-state index in [0.717, 1.165) is 17.7 Å². The largest absolute Gasteiger partial charge is 0.494 e. The van der Waals surface area contributed by atoms with Gasteiger partial charge in [0.2, 0.25) is 5.88 Å². The first kappa shape index (κ1) is 14.3. The fourth-order valence-electron chi connectivity index (χ4n) is 1.88. The predicted molar refractivity (Wildman–Crippen MR) is 76.8 cm³/mol. The molecule has 0 saturated heterocycles. The van der Waals surface area contributed by atoms with E-state index in [9.17, 15) is 0 Å². The number of rotatable bonds is 6. The van der Waals surface area contributed by atoms with E-state index in [0.29, 0.717) is 18.2 Å². The van der Waals surface area contributed by atoms with Crippen LogP contribution in [0.5, 0.6) is 11.6 Å². The number of hydrogen-bond acceptors (Lipinski definition) is 5. The summed E-state index contributed by atoms with van der Waals surface area (Å²) in [6.45, 7) is 2.76. The minimum atomic E-state index is -0.399. The SMILES string of the molecule is CCCOc1cccc(C(N)c2nccnc2OC)c1. The van der Waals surface area contributed by atoms with Crippen LogP contribution in [0.1, 0.15) is 30.6 Å². The van der Waals surface area contributed by atoms with Crippen LogP contribution in [0, 0.1) is 0 Å². The summed E-state index contributed by atoms with van der Waals surface area (Å²) in [5.41, 5.74) is 7.78. The van der Waals surface area contributed by atoms with Gasteiger partial charge in [-0.1, -0.05) is 19.1 Å². The zero-order valence-electron chi connectivity index (χ0n) is 11.7. The minimum Gasteiger partial charge on any atom is -0.494 e. The van der Waals surface area contributed by atoms with Gasteiger partial charge in [0, 0.05) is 12.4 Å². The third-order valence-electron chi connectivity index (χ3n) is 2.87. The fourth-order valence-corrected chi connectivity index (χ4v) is 1.88. The normalized spacial score (nSPS) is 11.9. The molecule has 0 aliphatic heterocycles. The Bertz CT molecular complexity index is 560. The minimum absolute atomic E-state index is 0.399. The molecule has 2 rings (SSSR count). The molecule has 5 nitrogen and oxygen atoms in total. The van der Waals surface area contributed by atoms with Crippen molar-refractivity contribution >= 4 is 0 Å². The van der Waals surface area contributed by atoms with Crippen molar-refractivity contribution in [3.8, 4) is 11.6 Å². The second kappa shape index (κ2) is 6.86. The van der Waals surface area contributed by atoms with E-state index in [1.807, 2.05) is 24.3 Å². The molecule has 0 radical (unpaired) electrons. The zero-order chi connectivity index (χ0) is 14.4. The predicted octanol–water partition coefficient (Wildman–Crippen LogP) is 2.32.